The number of amides is 1. The highest BCUT2D eigenvalue weighted by molar-refractivity contribution is 6.33. The van der Waals surface area contributed by atoms with Gasteiger partial charge in [0.15, 0.2) is 6.61 Å². The highest BCUT2D eigenvalue weighted by Crippen LogP contribution is 2.21. The van der Waals surface area contributed by atoms with Gasteiger partial charge >= 0.3 is 0 Å². The Morgan fingerprint density at radius 3 is 2.76 bits per heavy atom. The van der Waals surface area contributed by atoms with Crippen LogP contribution in [0.2, 0.25) is 5.02 Å². The Bertz CT molecular complexity index is 629. The van der Waals surface area contributed by atoms with Gasteiger partial charge in [-0.1, -0.05) is 35.9 Å². The van der Waals surface area contributed by atoms with Crippen molar-refractivity contribution in [2.24, 2.45) is 5.73 Å². The van der Waals surface area contributed by atoms with E-state index in [0.29, 0.717) is 16.5 Å². The molecule has 0 unspecified atom stereocenters. The number of hydrogen-bond donors (Lipinski definition) is 2. The predicted molar refractivity (Wildman–Crippen MR) is 84.6 cm³/mol. The summed E-state index contributed by atoms with van der Waals surface area (Å²) < 4.78 is 5.46. The largest absolute Gasteiger partial charge is 0.484 e. The van der Waals surface area contributed by atoms with Gasteiger partial charge in [-0.15, -0.1) is 0 Å². The Kier molecular flexibility index (Phi) is 5.20. The third-order valence-corrected chi connectivity index (χ3v) is 3.23. The van der Waals surface area contributed by atoms with Crippen LogP contribution in [0.25, 0.3) is 0 Å². The second kappa shape index (κ2) is 7.11. The van der Waals surface area contributed by atoms with E-state index in [1.165, 1.54) is 0 Å². The van der Waals surface area contributed by atoms with Gasteiger partial charge in [-0.3, -0.25) is 4.79 Å². The molecule has 21 heavy (non-hydrogen) atoms. The van der Waals surface area contributed by atoms with E-state index in [0.717, 1.165) is 5.56 Å². The van der Waals surface area contributed by atoms with Gasteiger partial charge in [0.05, 0.1) is 10.7 Å². The normalized spacial score (nSPS) is 11.8. The molecule has 1 amide bonds. The van der Waals surface area contributed by atoms with Gasteiger partial charge in [0.25, 0.3) is 5.91 Å². The first-order chi connectivity index (χ1) is 10.1. The molecular weight excluding hydrogens is 288 g/mol. The van der Waals surface area contributed by atoms with Crippen molar-refractivity contribution in [2.45, 2.75) is 13.0 Å². The summed E-state index contributed by atoms with van der Waals surface area (Å²) in [6.07, 6.45) is 0. The Morgan fingerprint density at radius 1 is 1.29 bits per heavy atom. The zero-order chi connectivity index (χ0) is 15.2. The fourth-order valence-corrected chi connectivity index (χ4v) is 1.97. The first-order valence-electron chi connectivity index (χ1n) is 6.59. The van der Waals surface area contributed by atoms with E-state index in [1.807, 2.05) is 25.1 Å². The zero-order valence-electron chi connectivity index (χ0n) is 11.7. The molecule has 0 bridgehead atoms. The van der Waals surface area contributed by atoms with E-state index in [2.05, 4.69) is 5.32 Å². The first-order valence-corrected chi connectivity index (χ1v) is 6.97. The molecule has 3 N–H and O–H groups in total. The Balaban J connectivity index is 1.92. The molecule has 0 aromatic heterocycles. The molecule has 0 saturated carbocycles. The number of nitrogens with one attached hydrogen (secondary N) is 1. The van der Waals surface area contributed by atoms with Crippen molar-refractivity contribution in [3.05, 3.63) is 59.1 Å². The third-order valence-electron chi connectivity index (χ3n) is 2.90. The summed E-state index contributed by atoms with van der Waals surface area (Å²) >= 11 is 5.97. The quantitative estimate of drug-likeness (QED) is 0.890. The second-order valence-electron chi connectivity index (χ2n) is 4.68. The van der Waals surface area contributed by atoms with E-state index in [9.17, 15) is 4.79 Å². The number of ether oxygens (including phenoxy) is 1. The fraction of sp³-hybridized carbons (Fsp3) is 0.188. The van der Waals surface area contributed by atoms with Gasteiger partial charge < -0.3 is 15.8 Å². The topological polar surface area (TPSA) is 64.3 Å². The molecule has 0 aliphatic heterocycles. The number of benzene rings is 2. The van der Waals surface area contributed by atoms with Crippen LogP contribution in [0.15, 0.2) is 48.5 Å². The first kappa shape index (κ1) is 15.4. The molecule has 0 fully saturated rings. The van der Waals surface area contributed by atoms with Crippen molar-refractivity contribution in [1.29, 1.82) is 0 Å². The minimum absolute atomic E-state index is 0.0782. The van der Waals surface area contributed by atoms with Crippen LogP contribution in [0.5, 0.6) is 5.75 Å². The molecule has 4 nitrogen and oxygen atoms in total. The molecule has 0 heterocycles. The number of rotatable bonds is 5. The summed E-state index contributed by atoms with van der Waals surface area (Å²) in [6.45, 7) is 1.80. The maximum absolute atomic E-state index is 11.8. The molecule has 0 saturated heterocycles. The van der Waals surface area contributed by atoms with Crippen LogP contribution in [0, 0.1) is 0 Å². The summed E-state index contributed by atoms with van der Waals surface area (Å²) in [5.41, 5.74) is 7.33. The summed E-state index contributed by atoms with van der Waals surface area (Å²) in [4.78, 5) is 11.8. The van der Waals surface area contributed by atoms with Crippen LogP contribution < -0.4 is 15.8 Å². The average Bonchev–Trinajstić information content (AvgIpc) is 2.48. The van der Waals surface area contributed by atoms with E-state index in [4.69, 9.17) is 22.1 Å². The predicted octanol–water partition coefficient (Wildman–Crippen LogP) is 3.38. The lowest BCUT2D eigenvalue weighted by Gasteiger charge is -2.10. The number of carbonyl (C=O) groups excluding carboxylic acids is 1. The molecule has 0 spiro atoms. The summed E-state index contributed by atoms with van der Waals surface area (Å²) in [6, 6.07) is 14.3. The van der Waals surface area contributed by atoms with Crippen molar-refractivity contribution < 1.29 is 9.53 Å². The Hall–Kier alpha value is -2.04. The van der Waals surface area contributed by atoms with Crippen LogP contribution in [0.3, 0.4) is 0 Å². The molecule has 5 heteroatoms. The van der Waals surface area contributed by atoms with E-state index < -0.39 is 0 Å². The highest BCUT2D eigenvalue weighted by atomic mass is 35.5. The van der Waals surface area contributed by atoms with Gasteiger partial charge in [-0.25, -0.2) is 0 Å². The smallest absolute Gasteiger partial charge is 0.262 e. The average molecular weight is 305 g/mol. The minimum Gasteiger partial charge on any atom is -0.484 e. The highest BCUT2D eigenvalue weighted by Gasteiger charge is 2.07. The summed E-state index contributed by atoms with van der Waals surface area (Å²) in [5, 5.41) is 3.19. The number of carbonyl (C=O) groups is 1. The van der Waals surface area contributed by atoms with Crippen molar-refractivity contribution >= 4 is 23.2 Å². The van der Waals surface area contributed by atoms with Crippen LogP contribution in [0.4, 0.5) is 5.69 Å². The second-order valence-corrected chi connectivity index (χ2v) is 5.09. The number of hydrogen-bond acceptors (Lipinski definition) is 3. The van der Waals surface area contributed by atoms with Gasteiger partial charge in [-0.05, 0) is 36.8 Å². The molecule has 110 valence electrons. The Labute approximate surface area is 128 Å². The number of para-hydroxylation sites is 1. The minimum atomic E-state index is -0.269. The van der Waals surface area contributed by atoms with E-state index in [-0.39, 0.29) is 18.6 Å². The van der Waals surface area contributed by atoms with Gasteiger partial charge in [0, 0.05) is 6.04 Å². The SMILES string of the molecule is C[C@@H](N)c1cccc(OCC(=O)Nc2ccccc2Cl)c1. The molecule has 2 rings (SSSR count). The fourth-order valence-electron chi connectivity index (χ4n) is 1.79. The lowest BCUT2D eigenvalue weighted by Crippen LogP contribution is -2.20. The molecule has 0 aliphatic rings. The van der Waals surface area contributed by atoms with Gasteiger partial charge in [0.2, 0.25) is 0 Å². The summed E-state index contributed by atoms with van der Waals surface area (Å²) in [5.74, 6) is 0.341. The number of anilines is 1. The monoisotopic (exact) mass is 304 g/mol. The number of nitrogens with two attached hydrogens (primary N) is 1. The maximum atomic E-state index is 11.8. The maximum Gasteiger partial charge on any atom is 0.262 e. The third kappa shape index (κ3) is 4.48. The molecule has 1 atom stereocenters. The molecule has 2 aromatic rings. The van der Waals surface area contributed by atoms with Crippen molar-refractivity contribution in [1.82, 2.24) is 0 Å². The molecule has 2 aromatic carbocycles. The van der Waals surface area contributed by atoms with Crippen LogP contribution in [-0.2, 0) is 4.79 Å². The van der Waals surface area contributed by atoms with Gasteiger partial charge in [-0.2, -0.15) is 0 Å². The standard InChI is InChI=1S/C16H17ClN2O2/c1-11(18)12-5-4-6-13(9-12)21-10-16(20)19-15-8-3-2-7-14(15)17/h2-9,11H,10,18H2,1H3,(H,19,20)/t11-/m1/s1. The van der Waals surface area contributed by atoms with Crippen LogP contribution in [0.1, 0.15) is 18.5 Å². The van der Waals surface area contributed by atoms with Crippen molar-refractivity contribution in [2.75, 3.05) is 11.9 Å². The van der Waals surface area contributed by atoms with Gasteiger partial charge in [0.1, 0.15) is 5.75 Å². The molecule has 0 aliphatic carbocycles. The molecule has 0 radical (unpaired) electrons. The lowest BCUT2D eigenvalue weighted by atomic mass is 10.1. The Morgan fingerprint density at radius 2 is 2.05 bits per heavy atom. The van der Waals surface area contributed by atoms with Crippen molar-refractivity contribution in [3.63, 3.8) is 0 Å². The zero-order valence-corrected chi connectivity index (χ0v) is 12.4. The van der Waals surface area contributed by atoms with E-state index >= 15 is 0 Å². The van der Waals surface area contributed by atoms with Crippen LogP contribution in [-0.4, -0.2) is 12.5 Å². The van der Waals surface area contributed by atoms with E-state index in [1.54, 1.807) is 30.3 Å². The van der Waals surface area contributed by atoms with Crippen molar-refractivity contribution in [3.8, 4) is 5.75 Å². The lowest BCUT2D eigenvalue weighted by molar-refractivity contribution is -0.118. The summed E-state index contributed by atoms with van der Waals surface area (Å²) in [7, 11) is 0. The molecular formula is C16H17ClN2O2. The van der Waals surface area contributed by atoms with Crippen LogP contribution >= 0.6 is 11.6 Å². The number of halogens is 1.